The molecule has 5 nitrogen and oxygen atoms in total. The number of hydrogen-bond donors (Lipinski definition) is 1. The van der Waals surface area contributed by atoms with Gasteiger partial charge in [0.2, 0.25) is 11.9 Å². The quantitative estimate of drug-likeness (QED) is 0.659. The predicted molar refractivity (Wildman–Crippen MR) is 104 cm³/mol. The molecule has 28 heavy (non-hydrogen) atoms. The lowest BCUT2D eigenvalue weighted by atomic mass is 10.2. The Kier molecular flexibility index (Phi) is 5.96. The van der Waals surface area contributed by atoms with E-state index in [9.17, 15) is 13.2 Å². The molecule has 0 amide bonds. The smallest absolute Gasteiger partial charge is 0.266 e. The van der Waals surface area contributed by atoms with E-state index in [0.717, 1.165) is 10.9 Å². The molecule has 1 N–H and O–H groups in total. The minimum Gasteiger partial charge on any atom is -0.350 e. The number of benzene rings is 1. The Morgan fingerprint density at radius 2 is 1.89 bits per heavy atom. The third kappa shape index (κ3) is 4.49. The Balaban J connectivity index is 0.00000109. The molecule has 0 aliphatic carbocycles. The first-order valence-electron chi connectivity index (χ1n) is 9.24. The number of nitrogens with zero attached hydrogens (tertiary/aromatic N) is 4. The summed E-state index contributed by atoms with van der Waals surface area (Å²) in [5.41, 5.74) is 1.44. The molecule has 2 aromatic heterocycles. The maximum absolute atomic E-state index is 13.6. The lowest BCUT2D eigenvalue weighted by Gasteiger charge is -2.20. The molecule has 1 aliphatic rings. The lowest BCUT2D eigenvalue weighted by Crippen LogP contribution is -2.26. The summed E-state index contributed by atoms with van der Waals surface area (Å²) in [5, 5.41) is 3.79. The first-order chi connectivity index (χ1) is 13.5. The molecule has 1 fully saturated rings. The van der Waals surface area contributed by atoms with Gasteiger partial charge in [-0.1, -0.05) is 32.0 Å². The molecule has 1 aliphatic heterocycles. The number of para-hydroxylation sites is 1. The molecular formula is C20H22F3N5. The van der Waals surface area contributed by atoms with E-state index in [-0.39, 0.29) is 19.5 Å². The van der Waals surface area contributed by atoms with Gasteiger partial charge in [-0.05, 0) is 23.8 Å². The average Bonchev–Trinajstić information content (AvgIpc) is 3.08. The molecule has 148 valence electrons. The van der Waals surface area contributed by atoms with Gasteiger partial charge in [0.25, 0.3) is 5.92 Å². The van der Waals surface area contributed by atoms with E-state index < -0.39 is 11.9 Å². The van der Waals surface area contributed by atoms with Crippen molar-refractivity contribution in [3.63, 3.8) is 0 Å². The zero-order valence-electron chi connectivity index (χ0n) is 15.8. The second kappa shape index (κ2) is 8.41. The standard InChI is InChI=1S/C18H16F3N5.C2H6/c19-15-6-5-12(9-22-15)10-23-17-24-14-4-2-1-3-13(14)16(25-17)26-8-7-18(20,21)11-26;1-2/h1-6,9H,7-8,10-11H2,(H,23,24,25);1-2H3. The third-order valence-electron chi connectivity index (χ3n) is 4.29. The van der Waals surface area contributed by atoms with Crippen molar-refractivity contribution < 1.29 is 13.2 Å². The van der Waals surface area contributed by atoms with E-state index in [1.165, 1.54) is 12.3 Å². The fourth-order valence-corrected chi connectivity index (χ4v) is 2.99. The molecule has 1 saturated heterocycles. The summed E-state index contributed by atoms with van der Waals surface area (Å²) in [7, 11) is 0. The van der Waals surface area contributed by atoms with Crippen LogP contribution in [0.15, 0.2) is 42.6 Å². The summed E-state index contributed by atoms with van der Waals surface area (Å²) in [6, 6.07) is 10.2. The molecule has 0 atom stereocenters. The van der Waals surface area contributed by atoms with Gasteiger partial charge in [0.15, 0.2) is 0 Å². The van der Waals surface area contributed by atoms with E-state index in [2.05, 4.69) is 20.3 Å². The Morgan fingerprint density at radius 1 is 1.11 bits per heavy atom. The van der Waals surface area contributed by atoms with Crippen LogP contribution in [0.2, 0.25) is 0 Å². The highest BCUT2D eigenvalue weighted by Crippen LogP contribution is 2.33. The topological polar surface area (TPSA) is 53.9 Å². The summed E-state index contributed by atoms with van der Waals surface area (Å²) in [5.74, 6) is -2.43. The molecule has 3 aromatic rings. The second-order valence-electron chi connectivity index (χ2n) is 6.26. The van der Waals surface area contributed by atoms with Crippen molar-refractivity contribution in [2.24, 2.45) is 0 Å². The Hall–Kier alpha value is -2.90. The zero-order chi connectivity index (χ0) is 20.1. The van der Waals surface area contributed by atoms with Crippen LogP contribution in [0.5, 0.6) is 0 Å². The lowest BCUT2D eigenvalue weighted by molar-refractivity contribution is 0.0257. The summed E-state index contributed by atoms with van der Waals surface area (Å²) in [6.45, 7) is 4.24. The van der Waals surface area contributed by atoms with E-state index >= 15 is 0 Å². The Morgan fingerprint density at radius 3 is 2.57 bits per heavy atom. The number of anilines is 2. The largest absolute Gasteiger partial charge is 0.350 e. The number of aromatic nitrogens is 3. The van der Waals surface area contributed by atoms with Crippen molar-refractivity contribution in [2.75, 3.05) is 23.3 Å². The first kappa shape index (κ1) is 19.9. The molecule has 0 bridgehead atoms. The predicted octanol–water partition coefficient (Wildman–Crippen LogP) is 4.65. The van der Waals surface area contributed by atoms with Crippen LogP contribution in [0.3, 0.4) is 0 Å². The Bertz CT molecular complexity index is 931. The van der Waals surface area contributed by atoms with Crippen LogP contribution in [0.4, 0.5) is 24.9 Å². The van der Waals surface area contributed by atoms with Gasteiger partial charge in [-0.3, -0.25) is 0 Å². The highest BCUT2D eigenvalue weighted by Gasteiger charge is 2.39. The third-order valence-corrected chi connectivity index (χ3v) is 4.29. The zero-order valence-corrected chi connectivity index (χ0v) is 15.8. The van der Waals surface area contributed by atoms with Gasteiger partial charge < -0.3 is 10.2 Å². The van der Waals surface area contributed by atoms with Crippen molar-refractivity contribution in [1.82, 2.24) is 15.0 Å². The van der Waals surface area contributed by atoms with Gasteiger partial charge >= 0.3 is 0 Å². The first-order valence-corrected chi connectivity index (χ1v) is 9.24. The minimum atomic E-state index is -2.71. The summed E-state index contributed by atoms with van der Waals surface area (Å²) >= 11 is 0. The fraction of sp³-hybridized carbons (Fsp3) is 0.350. The van der Waals surface area contributed by atoms with Gasteiger partial charge in [0, 0.05) is 31.1 Å². The van der Waals surface area contributed by atoms with Crippen LogP contribution in [0.1, 0.15) is 25.8 Å². The van der Waals surface area contributed by atoms with Gasteiger partial charge in [0.05, 0.1) is 12.1 Å². The Labute approximate surface area is 161 Å². The number of pyridine rings is 1. The maximum atomic E-state index is 13.6. The van der Waals surface area contributed by atoms with Crippen molar-refractivity contribution in [1.29, 1.82) is 0 Å². The number of fused-ring (bicyclic) bond motifs is 1. The van der Waals surface area contributed by atoms with Crippen molar-refractivity contribution in [3.05, 3.63) is 54.1 Å². The molecule has 0 unspecified atom stereocenters. The second-order valence-corrected chi connectivity index (χ2v) is 6.26. The molecule has 4 rings (SSSR count). The number of rotatable bonds is 4. The molecule has 0 radical (unpaired) electrons. The number of alkyl halides is 2. The molecule has 8 heteroatoms. The van der Waals surface area contributed by atoms with E-state index in [1.54, 1.807) is 11.0 Å². The van der Waals surface area contributed by atoms with Crippen LogP contribution in [0.25, 0.3) is 10.9 Å². The molecule has 0 saturated carbocycles. The van der Waals surface area contributed by atoms with E-state index in [0.29, 0.717) is 23.8 Å². The molecule has 1 aromatic carbocycles. The maximum Gasteiger partial charge on any atom is 0.266 e. The highest BCUT2D eigenvalue weighted by molar-refractivity contribution is 5.90. The number of hydrogen-bond acceptors (Lipinski definition) is 5. The van der Waals surface area contributed by atoms with Gasteiger partial charge in [-0.15, -0.1) is 0 Å². The van der Waals surface area contributed by atoms with Crippen molar-refractivity contribution >= 4 is 22.7 Å². The van der Waals surface area contributed by atoms with Gasteiger partial charge in [0.1, 0.15) is 5.82 Å². The van der Waals surface area contributed by atoms with Crippen molar-refractivity contribution in [2.45, 2.75) is 32.7 Å². The van der Waals surface area contributed by atoms with Crippen molar-refractivity contribution in [3.8, 4) is 0 Å². The normalized spacial score (nSPS) is 15.2. The monoisotopic (exact) mass is 389 g/mol. The minimum absolute atomic E-state index is 0.185. The highest BCUT2D eigenvalue weighted by atomic mass is 19.3. The van der Waals surface area contributed by atoms with E-state index in [1.807, 2.05) is 38.1 Å². The fourth-order valence-electron chi connectivity index (χ4n) is 2.99. The van der Waals surface area contributed by atoms with Gasteiger partial charge in [-0.25, -0.2) is 18.7 Å². The van der Waals surface area contributed by atoms with Crippen LogP contribution >= 0.6 is 0 Å². The van der Waals surface area contributed by atoms with Gasteiger partial charge in [-0.2, -0.15) is 9.37 Å². The molecule has 0 spiro atoms. The SMILES string of the molecule is CC.Fc1ccc(CNc2nc(N3CCC(F)(F)C3)c3ccccc3n2)cn1. The summed E-state index contributed by atoms with van der Waals surface area (Å²) in [4.78, 5) is 14.1. The number of nitrogens with one attached hydrogen (secondary N) is 1. The summed E-state index contributed by atoms with van der Waals surface area (Å²) in [6.07, 6.45) is 1.24. The van der Waals surface area contributed by atoms with Crippen LogP contribution < -0.4 is 10.2 Å². The average molecular weight is 389 g/mol. The van der Waals surface area contributed by atoms with E-state index in [4.69, 9.17) is 0 Å². The van der Waals surface area contributed by atoms with Crippen LogP contribution in [-0.2, 0) is 6.54 Å². The van der Waals surface area contributed by atoms with Crippen LogP contribution in [0, 0.1) is 5.95 Å². The number of halogens is 3. The van der Waals surface area contributed by atoms with Crippen LogP contribution in [-0.4, -0.2) is 34.0 Å². The molecule has 3 heterocycles. The molecular weight excluding hydrogens is 367 g/mol. The summed E-state index contributed by atoms with van der Waals surface area (Å²) < 4.78 is 40.2.